The zero-order chi connectivity index (χ0) is 14.4. The molecule has 0 saturated heterocycles. The van der Waals surface area contributed by atoms with Crippen LogP contribution in [-0.2, 0) is 0 Å². The van der Waals surface area contributed by atoms with Crippen molar-refractivity contribution < 1.29 is 4.79 Å². The molecule has 4 heteroatoms. The summed E-state index contributed by atoms with van der Waals surface area (Å²) < 4.78 is 1.08. The number of thiophene rings is 1. The van der Waals surface area contributed by atoms with Gasteiger partial charge in [-0.25, -0.2) is 0 Å². The van der Waals surface area contributed by atoms with Crippen LogP contribution in [0.3, 0.4) is 0 Å². The number of nitrogens with one attached hydrogen (secondary N) is 1. The number of hydrogen-bond donors (Lipinski definition) is 2. The lowest BCUT2D eigenvalue weighted by Gasteiger charge is -2.15. The molecular formula is C17H20N2OS. The Hall–Kier alpha value is -1.55. The minimum atomic E-state index is -0.000000000000000222. The Bertz CT molecular complexity index is 673. The Kier molecular flexibility index (Phi) is 3.14. The average molecular weight is 300 g/mol. The first kappa shape index (κ1) is 13.1. The van der Waals surface area contributed by atoms with E-state index in [1.807, 2.05) is 24.3 Å². The number of benzene rings is 1. The SMILES string of the molecule is Nc1c(C(=O)NCC(C2CC2)C2CC2)sc2ccccc12. The lowest BCUT2D eigenvalue weighted by molar-refractivity contribution is 0.0948. The average Bonchev–Trinajstić information content (AvgIpc) is 3.39. The molecule has 2 aromatic rings. The summed E-state index contributed by atoms with van der Waals surface area (Å²) in [6.07, 6.45) is 5.40. The van der Waals surface area contributed by atoms with Crippen molar-refractivity contribution in [2.75, 3.05) is 12.3 Å². The molecule has 3 nitrogen and oxygen atoms in total. The van der Waals surface area contributed by atoms with Gasteiger partial charge < -0.3 is 11.1 Å². The number of nitrogens with two attached hydrogens (primary N) is 1. The summed E-state index contributed by atoms with van der Waals surface area (Å²) in [6, 6.07) is 7.94. The summed E-state index contributed by atoms with van der Waals surface area (Å²) in [7, 11) is 0. The van der Waals surface area contributed by atoms with Gasteiger partial charge in [-0.1, -0.05) is 18.2 Å². The molecule has 21 heavy (non-hydrogen) atoms. The van der Waals surface area contributed by atoms with E-state index < -0.39 is 0 Å². The van der Waals surface area contributed by atoms with Crippen molar-refractivity contribution in [2.45, 2.75) is 25.7 Å². The molecule has 1 amide bonds. The fourth-order valence-electron chi connectivity index (χ4n) is 3.29. The number of carbonyl (C=O) groups excluding carboxylic acids is 1. The second-order valence-electron chi connectivity index (χ2n) is 6.39. The van der Waals surface area contributed by atoms with Crippen LogP contribution >= 0.6 is 11.3 Å². The molecule has 0 aliphatic heterocycles. The molecule has 0 radical (unpaired) electrons. The standard InChI is InChI=1S/C17H20N2OS/c18-15-12-3-1-2-4-14(12)21-16(15)17(20)19-9-13(10-5-6-10)11-7-8-11/h1-4,10-11,13H,5-9,18H2,(H,19,20). The lowest BCUT2D eigenvalue weighted by Crippen LogP contribution is -2.31. The highest BCUT2D eigenvalue weighted by Gasteiger charge is 2.41. The molecule has 2 saturated carbocycles. The zero-order valence-electron chi connectivity index (χ0n) is 12.0. The molecular weight excluding hydrogens is 280 g/mol. The van der Waals surface area contributed by atoms with Crippen LogP contribution in [0, 0.1) is 17.8 Å². The van der Waals surface area contributed by atoms with Crippen molar-refractivity contribution in [1.82, 2.24) is 5.32 Å². The van der Waals surface area contributed by atoms with Gasteiger partial charge in [0.05, 0.1) is 5.69 Å². The normalized spacial score (nSPS) is 18.3. The van der Waals surface area contributed by atoms with Gasteiger partial charge in [0, 0.05) is 16.6 Å². The molecule has 1 heterocycles. The quantitative estimate of drug-likeness (QED) is 0.885. The lowest BCUT2D eigenvalue weighted by atomic mass is 9.98. The van der Waals surface area contributed by atoms with Crippen LogP contribution in [-0.4, -0.2) is 12.5 Å². The predicted molar refractivity (Wildman–Crippen MR) is 87.5 cm³/mol. The van der Waals surface area contributed by atoms with Gasteiger partial charge in [-0.05, 0) is 49.5 Å². The topological polar surface area (TPSA) is 55.1 Å². The maximum absolute atomic E-state index is 12.4. The first-order valence-corrected chi connectivity index (χ1v) is 8.61. The van der Waals surface area contributed by atoms with Crippen LogP contribution in [0.1, 0.15) is 35.4 Å². The number of carbonyl (C=O) groups is 1. The molecule has 0 spiro atoms. The molecule has 0 bridgehead atoms. The Labute approximate surface area is 128 Å². The van der Waals surface area contributed by atoms with Gasteiger partial charge in [0.1, 0.15) is 4.88 Å². The van der Waals surface area contributed by atoms with E-state index in [0.717, 1.165) is 28.5 Å². The third kappa shape index (κ3) is 2.53. The van der Waals surface area contributed by atoms with Gasteiger partial charge in [0.15, 0.2) is 0 Å². The molecule has 4 rings (SSSR count). The van der Waals surface area contributed by atoms with E-state index in [1.54, 1.807) is 0 Å². The van der Waals surface area contributed by atoms with E-state index in [-0.39, 0.29) is 5.91 Å². The van der Waals surface area contributed by atoms with Gasteiger partial charge >= 0.3 is 0 Å². The van der Waals surface area contributed by atoms with E-state index in [1.165, 1.54) is 37.0 Å². The number of nitrogen functional groups attached to an aromatic ring is 1. The highest BCUT2D eigenvalue weighted by Crippen LogP contribution is 2.48. The fraction of sp³-hybridized carbons (Fsp3) is 0.471. The Morgan fingerprint density at radius 1 is 1.24 bits per heavy atom. The molecule has 3 N–H and O–H groups in total. The maximum Gasteiger partial charge on any atom is 0.263 e. The molecule has 0 atom stereocenters. The van der Waals surface area contributed by atoms with Crippen molar-refractivity contribution in [2.24, 2.45) is 17.8 Å². The van der Waals surface area contributed by atoms with Crippen molar-refractivity contribution in [1.29, 1.82) is 0 Å². The molecule has 1 aromatic heterocycles. The summed E-state index contributed by atoms with van der Waals surface area (Å²) >= 11 is 1.49. The largest absolute Gasteiger partial charge is 0.397 e. The fourth-order valence-corrected chi connectivity index (χ4v) is 4.33. The number of fused-ring (bicyclic) bond motifs is 1. The van der Waals surface area contributed by atoms with Crippen molar-refractivity contribution >= 4 is 33.0 Å². The third-order valence-corrected chi connectivity index (χ3v) is 5.98. The minimum Gasteiger partial charge on any atom is -0.397 e. The van der Waals surface area contributed by atoms with Gasteiger partial charge in [0.25, 0.3) is 5.91 Å². The van der Waals surface area contributed by atoms with Crippen LogP contribution in [0.2, 0.25) is 0 Å². The summed E-state index contributed by atoms with van der Waals surface area (Å²) in [4.78, 5) is 13.1. The smallest absolute Gasteiger partial charge is 0.263 e. The van der Waals surface area contributed by atoms with Crippen LogP contribution < -0.4 is 11.1 Å². The van der Waals surface area contributed by atoms with Gasteiger partial charge in [-0.3, -0.25) is 4.79 Å². The monoisotopic (exact) mass is 300 g/mol. The van der Waals surface area contributed by atoms with Crippen molar-refractivity contribution in [3.8, 4) is 0 Å². The minimum absolute atomic E-state index is 0.000000000000000222. The highest BCUT2D eigenvalue weighted by molar-refractivity contribution is 7.21. The Balaban J connectivity index is 1.49. The highest BCUT2D eigenvalue weighted by atomic mass is 32.1. The Morgan fingerprint density at radius 2 is 1.90 bits per heavy atom. The summed E-state index contributed by atoms with van der Waals surface area (Å²) in [5, 5.41) is 4.13. The number of anilines is 1. The summed E-state index contributed by atoms with van der Waals surface area (Å²) in [5.74, 6) is 2.42. The van der Waals surface area contributed by atoms with E-state index in [2.05, 4.69) is 5.32 Å². The second kappa shape index (κ2) is 5.02. The Morgan fingerprint density at radius 3 is 2.52 bits per heavy atom. The van der Waals surface area contributed by atoms with E-state index in [4.69, 9.17) is 5.73 Å². The van der Waals surface area contributed by atoms with Crippen molar-refractivity contribution in [3.63, 3.8) is 0 Å². The summed E-state index contributed by atoms with van der Waals surface area (Å²) in [6.45, 7) is 0.821. The van der Waals surface area contributed by atoms with Crippen LogP contribution in [0.15, 0.2) is 24.3 Å². The number of amides is 1. The molecule has 2 aliphatic carbocycles. The second-order valence-corrected chi connectivity index (χ2v) is 7.44. The first-order chi connectivity index (χ1) is 10.2. The molecule has 0 unspecified atom stereocenters. The van der Waals surface area contributed by atoms with Crippen LogP contribution in [0.25, 0.3) is 10.1 Å². The van der Waals surface area contributed by atoms with Gasteiger partial charge in [0.2, 0.25) is 0 Å². The predicted octanol–water partition coefficient (Wildman–Crippen LogP) is 3.65. The summed E-state index contributed by atoms with van der Waals surface area (Å²) in [5.41, 5.74) is 6.77. The molecule has 2 aliphatic rings. The van der Waals surface area contributed by atoms with Gasteiger partial charge in [-0.2, -0.15) is 0 Å². The van der Waals surface area contributed by atoms with Crippen molar-refractivity contribution in [3.05, 3.63) is 29.1 Å². The molecule has 2 fully saturated rings. The van der Waals surface area contributed by atoms with E-state index in [9.17, 15) is 4.79 Å². The molecule has 1 aromatic carbocycles. The van der Waals surface area contributed by atoms with E-state index >= 15 is 0 Å². The number of hydrogen-bond acceptors (Lipinski definition) is 3. The van der Waals surface area contributed by atoms with Crippen LogP contribution in [0.4, 0.5) is 5.69 Å². The van der Waals surface area contributed by atoms with Gasteiger partial charge in [-0.15, -0.1) is 11.3 Å². The number of rotatable bonds is 5. The van der Waals surface area contributed by atoms with Crippen LogP contribution in [0.5, 0.6) is 0 Å². The maximum atomic E-state index is 12.4. The first-order valence-electron chi connectivity index (χ1n) is 7.79. The third-order valence-electron chi connectivity index (χ3n) is 4.79. The molecule has 110 valence electrons. The van der Waals surface area contributed by atoms with E-state index in [0.29, 0.717) is 16.5 Å². The zero-order valence-corrected chi connectivity index (χ0v) is 12.8.